The Labute approximate surface area is 204 Å². The molecule has 1 aliphatic carbocycles. The van der Waals surface area contributed by atoms with Crippen molar-refractivity contribution < 1.29 is 21.6 Å². The summed E-state index contributed by atoms with van der Waals surface area (Å²) in [6.07, 6.45) is 3.87. The van der Waals surface area contributed by atoms with Gasteiger partial charge < -0.3 is 5.32 Å². The van der Waals surface area contributed by atoms with E-state index in [4.69, 9.17) is 32.5 Å². The zero-order chi connectivity index (χ0) is 23.8. The second kappa shape index (κ2) is 9.96. The lowest BCUT2D eigenvalue weighted by atomic mass is 10.1. The first-order chi connectivity index (χ1) is 15.6. The summed E-state index contributed by atoms with van der Waals surface area (Å²) in [5, 5.41) is 13.5. The van der Waals surface area contributed by atoms with Crippen LogP contribution in [0.15, 0.2) is 35.4 Å². The average molecular weight is 540 g/mol. The number of benzene rings is 1. The van der Waals surface area contributed by atoms with Crippen molar-refractivity contribution in [1.82, 2.24) is 14.6 Å². The van der Waals surface area contributed by atoms with Gasteiger partial charge in [-0.1, -0.05) is 35.3 Å². The number of thioether (sulfide) groups is 1. The summed E-state index contributed by atoms with van der Waals surface area (Å²) in [5.41, 5.74) is -3.36. The minimum atomic E-state index is -4.41. The molecule has 33 heavy (non-hydrogen) atoms. The third-order valence-electron chi connectivity index (χ3n) is 5.19. The van der Waals surface area contributed by atoms with E-state index in [1.807, 2.05) is 0 Å². The highest BCUT2D eigenvalue weighted by Crippen LogP contribution is 2.40. The summed E-state index contributed by atoms with van der Waals surface area (Å²) in [7, 11) is 0. The molecule has 0 amide bonds. The van der Waals surface area contributed by atoms with Crippen LogP contribution >= 0.6 is 35.0 Å². The van der Waals surface area contributed by atoms with E-state index in [9.17, 15) is 17.4 Å². The molecule has 1 aliphatic rings. The van der Waals surface area contributed by atoms with E-state index in [1.165, 1.54) is 28.9 Å². The van der Waals surface area contributed by atoms with Crippen molar-refractivity contribution in [1.29, 1.82) is 0 Å². The fraction of sp³-hybridized carbons (Fsp3) is 0.368. The number of hydrogen-bond acceptors (Lipinski definition) is 6. The number of nitrogens with one attached hydrogen (secondary N) is 1. The van der Waals surface area contributed by atoms with Crippen molar-refractivity contribution in [2.75, 3.05) is 11.9 Å². The van der Waals surface area contributed by atoms with Gasteiger partial charge in [0, 0.05) is 16.5 Å². The number of nitrogens with two attached hydrogens (primary N) is 1. The summed E-state index contributed by atoms with van der Waals surface area (Å²) >= 11 is 10.9. The van der Waals surface area contributed by atoms with E-state index in [0.29, 0.717) is 34.4 Å². The highest BCUT2D eigenvalue weighted by molar-refractivity contribution is 8.00. The maximum Gasteiger partial charge on any atom is 0.446 e. The third-order valence-corrected chi connectivity index (χ3v) is 6.90. The van der Waals surface area contributed by atoms with Crippen LogP contribution in [0.25, 0.3) is 16.9 Å². The lowest BCUT2D eigenvalue weighted by Crippen LogP contribution is -2.20. The van der Waals surface area contributed by atoms with Gasteiger partial charge in [-0.3, -0.25) is 4.18 Å². The smallest absolute Gasteiger partial charge is 0.366 e. The van der Waals surface area contributed by atoms with E-state index < -0.39 is 16.8 Å². The largest absolute Gasteiger partial charge is 0.446 e. The molecule has 1 aromatic carbocycles. The van der Waals surface area contributed by atoms with Crippen LogP contribution in [0.5, 0.6) is 0 Å². The molecular formula is C19H18Cl2F3N5O2S2. The molecule has 0 radical (unpaired) electrons. The molecule has 178 valence electrons. The van der Waals surface area contributed by atoms with Crippen LogP contribution in [0.3, 0.4) is 0 Å². The van der Waals surface area contributed by atoms with E-state index in [0.717, 1.165) is 19.3 Å². The molecule has 3 atom stereocenters. The number of alkyl halides is 3. The van der Waals surface area contributed by atoms with Crippen molar-refractivity contribution in [3.05, 3.63) is 40.5 Å². The maximum atomic E-state index is 12.8. The number of nitrogens with zero attached hydrogens (tertiary/aromatic N) is 3. The Morgan fingerprint density at radius 3 is 2.85 bits per heavy atom. The van der Waals surface area contributed by atoms with Crippen molar-refractivity contribution in [2.24, 2.45) is 11.1 Å². The van der Waals surface area contributed by atoms with Crippen molar-refractivity contribution >= 4 is 57.7 Å². The Kier molecular flexibility index (Phi) is 7.41. The maximum absolute atomic E-state index is 12.8. The molecule has 0 bridgehead atoms. The van der Waals surface area contributed by atoms with E-state index in [2.05, 4.69) is 15.4 Å². The third kappa shape index (κ3) is 5.92. The lowest BCUT2D eigenvalue weighted by Gasteiger charge is -2.16. The SMILES string of the molecule is NS(=O)OCC1CC[C@H](Nc2c(Cl)cnc3c(Cl)c(-c4cccc(SC(F)(F)F)c4)nn23)C1. The van der Waals surface area contributed by atoms with Gasteiger partial charge in [0.2, 0.25) is 11.3 Å². The van der Waals surface area contributed by atoms with Crippen LogP contribution in [0.1, 0.15) is 19.3 Å². The number of anilines is 1. The molecule has 0 spiro atoms. The summed E-state index contributed by atoms with van der Waals surface area (Å²) in [6, 6.07) is 5.94. The number of aromatic nitrogens is 3. The van der Waals surface area contributed by atoms with E-state index in [-0.39, 0.29) is 33.6 Å². The molecule has 14 heteroatoms. The average Bonchev–Trinajstić information content (AvgIpc) is 3.32. The second-order valence-corrected chi connectivity index (χ2v) is 10.2. The fourth-order valence-corrected chi connectivity index (χ4v) is 5.19. The summed E-state index contributed by atoms with van der Waals surface area (Å²) < 4.78 is 55.8. The Balaban J connectivity index is 1.62. The number of hydrogen-bond donors (Lipinski definition) is 2. The van der Waals surface area contributed by atoms with Crippen LogP contribution in [-0.2, 0) is 15.4 Å². The van der Waals surface area contributed by atoms with Crippen LogP contribution in [0.4, 0.5) is 19.0 Å². The van der Waals surface area contributed by atoms with E-state index >= 15 is 0 Å². The highest BCUT2D eigenvalue weighted by Gasteiger charge is 2.30. The number of fused-ring (bicyclic) bond motifs is 1. The van der Waals surface area contributed by atoms with Crippen LogP contribution in [0, 0.1) is 5.92 Å². The second-order valence-electron chi connectivity index (χ2n) is 7.49. The summed E-state index contributed by atoms with van der Waals surface area (Å²) in [6.45, 7) is 0.296. The predicted octanol–water partition coefficient (Wildman–Crippen LogP) is 5.45. The Morgan fingerprint density at radius 1 is 1.33 bits per heavy atom. The van der Waals surface area contributed by atoms with Crippen molar-refractivity contribution in [3.8, 4) is 11.3 Å². The molecule has 1 fully saturated rings. The van der Waals surface area contributed by atoms with Gasteiger partial charge in [-0.05, 0) is 49.1 Å². The zero-order valence-electron chi connectivity index (χ0n) is 16.8. The minimum absolute atomic E-state index is 0.0232. The predicted molar refractivity (Wildman–Crippen MR) is 123 cm³/mol. The first-order valence-corrected chi connectivity index (χ1v) is 12.5. The van der Waals surface area contributed by atoms with Gasteiger partial charge in [-0.2, -0.15) is 22.8 Å². The molecule has 1 saturated carbocycles. The first kappa shape index (κ1) is 24.6. The van der Waals surface area contributed by atoms with Gasteiger partial charge in [0.25, 0.3) is 0 Å². The van der Waals surface area contributed by atoms with Gasteiger partial charge in [-0.15, -0.1) is 0 Å². The molecule has 0 aliphatic heterocycles. The summed E-state index contributed by atoms with van der Waals surface area (Å²) in [4.78, 5) is 4.27. The van der Waals surface area contributed by atoms with Crippen LogP contribution < -0.4 is 10.5 Å². The molecule has 0 saturated heterocycles. The van der Waals surface area contributed by atoms with Crippen LogP contribution in [-0.4, -0.2) is 37.0 Å². The fourth-order valence-electron chi connectivity index (χ4n) is 3.81. The number of rotatable bonds is 7. The first-order valence-electron chi connectivity index (χ1n) is 9.75. The Hall–Kier alpha value is -1.57. The summed E-state index contributed by atoms with van der Waals surface area (Å²) in [5.74, 6) is 0.668. The van der Waals surface area contributed by atoms with Gasteiger partial charge in [0.1, 0.15) is 15.7 Å². The van der Waals surface area contributed by atoms with Gasteiger partial charge >= 0.3 is 5.51 Å². The molecule has 2 heterocycles. The Bertz CT molecular complexity index is 1190. The monoisotopic (exact) mass is 539 g/mol. The lowest BCUT2D eigenvalue weighted by molar-refractivity contribution is -0.0328. The van der Waals surface area contributed by atoms with Gasteiger partial charge in [0.05, 0.1) is 12.8 Å². The Morgan fingerprint density at radius 2 is 2.12 bits per heavy atom. The quantitative estimate of drug-likeness (QED) is 0.387. The van der Waals surface area contributed by atoms with Crippen molar-refractivity contribution in [2.45, 2.75) is 35.7 Å². The topological polar surface area (TPSA) is 94.5 Å². The molecule has 7 nitrogen and oxygen atoms in total. The molecule has 2 unspecified atom stereocenters. The molecular weight excluding hydrogens is 522 g/mol. The molecule has 4 rings (SSSR count). The van der Waals surface area contributed by atoms with Gasteiger partial charge in [0.15, 0.2) is 11.5 Å². The molecule has 3 aromatic rings. The molecule has 3 N–H and O–H groups in total. The minimum Gasteiger partial charge on any atom is -0.366 e. The van der Waals surface area contributed by atoms with E-state index in [1.54, 1.807) is 6.07 Å². The number of halogens is 5. The standard InChI is InChI=1S/C19H18Cl2F3N5O2S2/c20-14-8-26-18-15(21)16(11-2-1-3-13(7-11)32-19(22,23)24)28-29(18)17(14)27-12-5-4-10(6-12)9-31-33(25)30/h1-3,7-8,10,12,27H,4-6,9,25H2/t10?,12-,33?/m0/s1. The molecule has 2 aromatic heterocycles. The van der Waals surface area contributed by atoms with Gasteiger partial charge in [-0.25, -0.2) is 14.3 Å². The highest BCUT2D eigenvalue weighted by atomic mass is 35.5. The van der Waals surface area contributed by atoms with Crippen LogP contribution in [0.2, 0.25) is 10.0 Å². The normalized spacial score (nSPS) is 19.8. The zero-order valence-corrected chi connectivity index (χ0v) is 20.0. The van der Waals surface area contributed by atoms with Crippen molar-refractivity contribution in [3.63, 3.8) is 0 Å².